The average Bonchev–Trinajstić information content (AvgIpc) is 3.20. The van der Waals surface area contributed by atoms with Crippen LogP contribution in [0.3, 0.4) is 0 Å². The van der Waals surface area contributed by atoms with Crippen molar-refractivity contribution in [1.82, 2.24) is 4.31 Å². The summed E-state index contributed by atoms with van der Waals surface area (Å²) in [7, 11) is -3.98. The maximum atomic E-state index is 14.3. The summed E-state index contributed by atoms with van der Waals surface area (Å²) in [4.78, 5) is -0.493. The largest absolute Gasteiger partial charge is 0.246 e. The molecule has 0 heterocycles. The number of hydrogen-bond acceptors (Lipinski definition) is 2. The topological polar surface area (TPSA) is 37.4 Å². The zero-order valence-corrected chi connectivity index (χ0v) is 13.5. The third-order valence-corrected chi connectivity index (χ3v) is 5.57. The molecule has 1 saturated carbocycles. The highest BCUT2D eigenvalue weighted by molar-refractivity contribution is 7.89. The number of benzene rings is 1. The average molecular weight is 338 g/mol. The van der Waals surface area contributed by atoms with E-state index in [4.69, 9.17) is 11.6 Å². The minimum absolute atomic E-state index is 0.0821. The molecule has 1 aromatic carbocycles. The van der Waals surface area contributed by atoms with Gasteiger partial charge in [-0.05, 0) is 30.9 Å². The standard InChI is InChI=1S/C14H18ClF2NO2S/c1-9(2)8-18(10-3-4-10)21(19,20)13-6-5-12(16)11(7-15)14(13)17/h5-6,9-10H,3-4,7-8H2,1-2H3. The van der Waals surface area contributed by atoms with Gasteiger partial charge in [0.2, 0.25) is 10.0 Å². The summed E-state index contributed by atoms with van der Waals surface area (Å²) in [6.45, 7) is 4.12. The molecule has 0 spiro atoms. The first-order chi connectivity index (χ1) is 9.78. The van der Waals surface area contributed by atoms with E-state index < -0.39 is 38.0 Å². The second kappa shape index (κ2) is 6.18. The molecular formula is C14H18ClF2NO2S. The van der Waals surface area contributed by atoms with Crippen LogP contribution >= 0.6 is 11.6 Å². The Morgan fingerprint density at radius 2 is 1.95 bits per heavy atom. The number of alkyl halides is 1. The van der Waals surface area contributed by atoms with E-state index in [0.29, 0.717) is 6.54 Å². The van der Waals surface area contributed by atoms with E-state index in [-0.39, 0.29) is 12.0 Å². The fourth-order valence-corrected chi connectivity index (χ4v) is 4.38. The molecule has 21 heavy (non-hydrogen) atoms. The molecule has 0 atom stereocenters. The van der Waals surface area contributed by atoms with Crippen molar-refractivity contribution in [3.8, 4) is 0 Å². The van der Waals surface area contributed by atoms with Crippen LogP contribution in [-0.4, -0.2) is 25.3 Å². The number of rotatable bonds is 6. The summed E-state index contributed by atoms with van der Waals surface area (Å²) in [6.07, 6.45) is 1.55. The maximum Gasteiger partial charge on any atom is 0.246 e. The summed E-state index contributed by atoms with van der Waals surface area (Å²) in [5.74, 6) is -2.20. The van der Waals surface area contributed by atoms with Crippen LogP contribution in [0.5, 0.6) is 0 Å². The minimum atomic E-state index is -3.98. The van der Waals surface area contributed by atoms with Crippen LogP contribution in [0.2, 0.25) is 0 Å². The highest BCUT2D eigenvalue weighted by Crippen LogP contribution is 2.34. The fraction of sp³-hybridized carbons (Fsp3) is 0.571. The molecule has 0 bridgehead atoms. The van der Waals surface area contributed by atoms with Gasteiger partial charge in [0, 0.05) is 18.2 Å². The molecule has 0 radical (unpaired) electrons. The first kappa shape index (κ1) is 16.6. The Morgan fingerprint density at radius 3 is 2.43 bits per heavy atom. The van der Waals surface area contributed by atoms with Crippen molar-refractivity contribution < 1.29 is 17.2 Å². The van der Waals surface area contributed by atoms with Crippen molar-refractivity contribution in [1.29, 1.82) is 0 Å². The molecule has 2 rings (SSSR count). The summed E-state index contributed by atoms with van der Waals surface area (Å²) in [5.41, 5.74) is -0.405. The van der Waals surface area contributed by atoms with E-state index in [0.717, 1.165) is 25.0 Å². The van der Waals surface area contributed by atoms with Gasteiger partial charge in [-0.1, -0.05) is 13.8 Å². The molecule has 1 fully saturated rings. The van der Waals surface area contributed by atoms with Crippen molar-refractivity contribution in [3.63, 3.8) is 0 Å². The molecule has 0 unspecified atom stereocenters. The Balaban J connectivity index is 2.47. The summed E-state index contributed by atoms with van der Waals surface area (Å²) in [6, 6.07) is 1.85. The summed E-state index contributed by atoms with van der Waals surface area (Å²) in [5, 5.41) is 0. The van der Waals surface area contributed by atoms with Gasteiger partial charge >= 0.3 is 0 Å². The Hall–Kier alpha value is -0.720. The first-order valence-electron chi connectivity index (χ1n) is 6.83. The van der Waals surface area contributed by atoms with E-state index in [1.807, 2.05) is 13.8 Å². The molecule has 7 heteroatoms. The number of halogens is 3. The molecule has 0 aromatic heterocycles. The lowest BCUT2D eigenvalue weighted by molar-refractivity contribution is 0.357. The van der Waals surface area contributed by atoms with Gasteiger partial charge in [0.1, 0.15) is 10.7 Å². The predicted octanol–water partition coefficient (Wildman–Crippen LogP) is 3.51. The predicted molar refractivity (Wildman–Crippen MR) is 77.7 cm³/mol. The smallest absolute Gasteiger partial charge is 0.207 e. The number of sulfonamides is 1. The summed E-state index contributed by atoms with van der Waals surface area (Å²) < 4.78 is 54.4. The van der Waals surface area contributed by atoms with Crippen LogP contribution in [0.15, 0.2) is 17.0 Å². The van der Waals surface area contributed by atoms with Gasteiger partial charge in [0.15, 0.2) is 5.82 Å². The van der Waals surface area contributed by atoms with Gasteiger partial charge < -0.3 is 0 Å². The van der Waals surface area contributed by atoms with E-state index in [1.54, 1.807) is 0 Å². The van der Waals surface area contributed by atoms with Crippen LogP contribution in [0.4, 0.5) is 8.78 Å². The number of hydrogen-bond donors (Lipinski definition) is 0. The second-order valence-corrected chi connectivity index (χ2v) is 7.80. The van der Waals surface area contributed by atoms with Gasteiger partial charge in [-0.2, -0.15) is 4.31 Å². The second-order valence-electron chi connectivity index (χ2n) is 5.67. The Labute approximate surface area is 129 Å². The molecule has 1 aromatic rings. The molecule has 0 saturated heterocycles. The number of nitrogens with zero attached hydrogens (tertiary/aromatic N) is 1. The van der Waals surface area contributed by atoms with Crippen LogP contribution in [-0.2, 0) is 15.9 Å². The van der Waals surface area contributed by atoms with Crippen molar-refractivity contribution >= 4 is 21.6 Å². The third-order valence-electron chi connectivity index (χ3n) is 3.37. The van der Waals surface area contributed by atoms with E-state index in [2.05, 4.69) is 0 Å². The van der Waals surface area contributed by atoms with Crippen LogP contribution < -0.4 is 0 Å². The SMILES string of the molecule is CC(C)CN(C1CC1)S(=O)(=O)c1ccc(F)c(CCl)c1F. The van der Waals surface area contributed by atoms with E-state index in [1.165, 1.54) is 4.31 Å². The molecule has 1 aliphatic rings. The van der Waals surface area contributed by atoms with E-state index >= 15 is 0 Å². The van der Waals surface area contributed by atoms with Crippen LogP contribution in [0, 0.1) is 17.6 Å². The van der Waals surface area contributed by atoms with Gasteiger partial charge in [0.05, 0.1) is 5.88 Å². The zero-order valence-electron chi connectivity index (χ0n) is 11.9. The Bertz CT molecular complexity index is 630. The lowest BCUT2D eigenvalue weighted by atomic mass is 10.2. The molecule has 0 N–H and O–H groups in total. The monoisotopic (exact) mass is 337 g/mol. The molecule has 0 amide bonds. The quantitative estimate of drug-likeness (QED) is 0.745. The molecular weight excluding hydrogens is 320 g/mol. The molecule has 118 valence electrons. The van der Waals surface area contributed by atoms with E-state index in [9.17, 15) is 17.2 Å². The molecule has 3 nitrogen and oxygen atoms in total. The van der Waals surface area contributed by atoms with Crippen LogP contribution in [0.25, 0.3) is 0 Å². The normalized spacial score (nSPS) is 16.0. The van der Waals surface area contributed by atoms with Gasteiger partial charge in [-0.15, -0.1) is 11.6 Å². The van der Waals surface area contributed by atoms with Crippen molar-refractivity contribution in [2.75, 3.05) is 6.54 Å². The van der Waals surface area contributed by atoms with Crippen molar-refractivity contribution in [2.24, 2.45) is 5.92 Å². The first-order valence-corrected chi connectivity index (χ1v) is 8.81. The van der Waals surface area contributed by atoms with Gasteiger partial charge in [0.25, 0.3) is 0 Å². The Kier molecular flexibility index (Phi) is 4.90. The zero-order chi connectivity index (χ0) is 15.8. The van der Waals surface area contributed by atoms with Crippen molar-refractivity contribution in [2.45, 2.75) is 43.5 Å². The molecule has 0 aliphatic heterocycles. The highest BCUT2D eigenvalue weighted by Gasteiger charge is 2.39. The lowest BCUT2D eigenvalue weighted by Gasteiger charge is -2.24. The van der Waals surface area contributed by atoms with Crippen molar-refractivity contribution in [3.05, 3.63) is 29.3 Å². The molecule has 1 aliphatic carbocycles. The van der Waals surface area contributed by atoms with Crippen LogP contribution in [0.1, 0.15) is 32.3 Å². The minimum Gasteiger partial charge on any atom is -0.207 e. The Morgan fingerprint density at radius 1 is 1.33 bits per heavy atom. The highest BCUT2D eigenvalue weighted by atomic mass is 35.5. The lowest BCUT2D eigenvalue weighted by Crippen LogP contribution is -2.36. The fourth-order valence-electron chi connectivity index (χ4n) is 2.19. The maximum absolute atomic E-state index is 14.3. The summed E-state index contributed by atoms with van der Waals surface area (Å²) >= 11 is 5.51. The van der Waals surface area contributed by atoms with Gasteiger partial charge in [-0.25, -0.2) is 17.2 Å². The third kappa shape index (κ3) is 3.38. The van der Waals surface area contributed by atoms with Gasteiger partial charge in [-0.3, -0.25) is 0 Å².